The predicted molar refractivity (Wildman–Crippen MR) is 124 cm³/mol. The minimum atomic E-state index is -0.127. The van der Waals surface area contributed by atoms with E-state index in [1.165, 1.54) is 11.3 Å². The van der Waals surface area contributed by atoms with E-state index in [9.17, 15) is 4.79 Å². The first-order valence-electron chi connectivity index (χ1n) is 9.60. The summed E-state index contributed by atoms with van der Waals surface area (Å²) in [4.78, 5) is 21.5. The maximum absolute atomic E-state index is 12.5. The van der Waals surface area contributed by atoms with Crippen LogP contribution in [0, 0.1) is 0 Å². The van der Waals surface area contributed by atoms with Crippen molar-refractivity contribution in [3.63, 3.8) is 0 Å². The molecule has 7 heteroatoms. The molecule has 0 bridgehead atoms. The topological polar surface area (TPSA) is 68.0 Å². The van der Waals surface area contributed by atoms with Gasteiger partial charge in [-0.3, -0.25) is 4.79 Å². The molecule has 1 amide bonds. The molecule has 31 heavy (non-hydrogen) atoms. The minimum absolute atomic E-state index is 0.127. The number of hydrogen-bond donors (Lipinski definition) is 1. The number of thiazole rings is 1. The Morgan fingerprint density at radius 2 is 1.81 bits per heavy atom. The lowest BCUT2D eigenvalue weighted by atomic mass is 10.2. The fourth-order valence-corrected chi connectivity index (χ4v) is 4.21. The number of benzene rings is 3. The molecule has 5 rings (SSSR count). The van der Waals surface area contributed by atoms with E-state index in [0.29, 0.717) is 16.6 Å². The maximum Gasteiger partial charge on any atom is 0.230 e. The van der Waals surface area contributed by atoms with Crippen LogP contribution in [0.25, 0.3) is 33.1 Å². The first-order chi connectivity index (χ1) is 15.1. The number of amides is 1. The number of carbonyl (C=O) groups is 1. The van der Waals surface area contributed by atoms with Crippen LogP contribution in [0.2, 0.25) is 5.02 Å². The van der Waals surface area contributed by atoms with E-state index in [4.69, 9.17) is 16.0 Å². The van der Waals surface area contributed by atoms with Gasteiger partial charge in [-0.2, -0.15) is 0 Å². The first kappa shape index (κ1) is 19.5. The van der Waals surface area contributed by atoms with Gasteiger partial charge in [-0.1, -0.05) is 35.9 Å². The lowest BCUT2D eigenvalue weighted by Gasteiger charge is -2.04. The second-order valence-corrected chi connectivity index (χ2v) is 8.24. The second kappa shape index (κ2) is 8.34. The molecule has 0 unspecified atom stereocenters. The van der Waals surface area contributed by atoms with Gasteiger partial charge in [-0.15, -0.1) is 11.3 Å². The Morgan fingerprint density at radius 3 is 2.61 bits per heavy atom. The van der Waals surface area contributed by atoms with Crippen LogP contribution in [0.4, 0.5) is 5.69 Å². The minimum Gasteiger partial charge on any atom is -0.436 e. The largest absolute Gasteiger partial charge is 0.436 e. The standard InChI is InChI=1S/C24H16ClN3O2S/c25-17-5-3-4-16(12-17)24-27-19(14-31-24)13-22(29)26-18-10-8-15(9-11-18)23-28-20-6-1-2-7-21(20)30-23/h1-12,14H,13H2,(H,26,29). The highest BCUT2D eigenvalue weighted by atomic mass is 35.5. The molecule has 0 spiro atoms. The van der Waals surface area contributed by atoms with Crippen LogP contribution in [-0.4, -0.2) is 15.9 Å². The van der Waals surface area contributed by atoms with Crippen molar-refractivity contribution in [1.82, 2.24) is 9.97 Å². The maximum atomic E-state index is 12.5. The zero-order valence-corrected chi connectivity index (χ0v) is 17.8. The Labute approximate surface area is 187 Å². The van der Waals surface area contributed by atoms with Crippen molar-refractivity contribution >= 4 is 45.6 Å². The summed E-state index contributed by atoms with van der Waals surface area (Å²) in [6.45, 7) is 0. The molecule has 1 N–H and O–H groups in total. The van der Waals surface area contributed by atoms with Crippen LogP contribution in [-0.2, 0) is 11.2 Å². The molecular formula is C24H16ClN3O2S. The second-order valence-electron chi connectivity index (χ2n) is 6.94. The molecule has 0 saturated heterocycles. The first-order valence-corrected chi connectivity index (χ1v) is 10.9. The molecule has 152 valence electrons. The zero-order valence-electron chi connectivity index (χ0n) is 16.2. The van der Waals surface area contributed by atoms with Gasteiger partial charge in [0.15, 0.2) is 5.58 Å². The zero-order chi connectivity index (χ0) is 21.2. The summed E-state index contributed by atoms with van der Waals surface area (Å²) in [5.41, 5.74) is 4.78. The summed E-state index contributed by atoms with van der Waals surface area (Å²) in [6, 6.07) is 22.6. The molecule has 0 fully saturated rings. The molecule has 0 aliphatic rings. The number of aromatic nitrogens is 2. The van der Waals surface area contributed by atoms with Gasteiger partial charge < -0.3 is 9.73 Å². The van der Waals surface area contributed by atoms with Gasteiger partial charge in [0.1, 0.15) is 10.5 Å². The molecule has 0 atom stereocenters. The van der Waals surface area contributed by atoms with E-state index in [0.717, 1.165) is 32.9 Å². The number of nitrogens with one attached hydrogen (secondary N) is 1. The van der Waals surface area contributed by atoms with Gasteiger partial charge in [-0.05, 0) is 48.5 Å². The van der Waals surface area contributed by atoms with Crippen LogP contribution >= 0.6 is 22.9 Å². The van der Waals surface area contributed by atoms with Crippen LogP contribution in [0.15, 0.2) is 82.6 Å². The van der Waals surface area contributed by atoms with E-state index in [1.54, 1.807) is 0 Å². The van der Waals surface area contributed by atoms with E-state index in [2.05, 4.69) is 15.3 Å². The van der Waals surface area contributed by atoms with Crippen LogP contribution in [0.5, 0.6) is 0 Å². The van der Waals surface area contributed by atoms with Crippen molar-refractivity contribution in [3.05, 3.63) is 88.9 Å². The number of fused-ring (bicyclic) bond motifs is 1. The fraction of sp³-hybridized carbons (Fsp3) is 0.0417. The van der Waals surface area contributed by atoms with Gasteiger partial charge >= 0.3 is 0 Å². The highest BCUT2D eigenvalue weighted by Crippen LogP contribution is 2.27. The molecule has 5 nitrogen and oxygen atoms in total. The third kappa shape index (κ3) is 4.35. The van der Waals surface area contributed by atoms with Crippen molar-refractivity contribution in [2.24, 2.45) is 0 Å². The summed E-state index contributed by atoms with van der Waals surface area (Å²) < 4.78 is 5.79. The molecule has 3 aromatic carbocycles. The SMILES string of the molecule is O=C(Cc1csc(-c2cccc(Cl)c2)n1)Nc1ccc(-c2nc3ccccc3o2)cc1. The molecule has 0 aliphatic heterocycles. The van der Waals surface area contributed by atoms with Crippen molar-refractivity contribution in [3.8, 4) is 22.0 Å². The average molecular weight is 446 g/mol. The van der Waals surface area contributed by atoms with Gasteiger partial charge in [-0.25, -0.2) is 9.97 Å². The lowest BCUT2D eigenvalue weighted by molar-refractivity contribution is -0.115. The summed E-state index contributed by atoms with van der Waals surface area (Å²) >= 11 is 7.54. The quantitative estimate of drug-likeness (QED) is 0.337. The Hall–Kier alpha value is -3.48. The Balaban J connectivity index is 1.24. The third-order valence-corrected chi connectivity index (χ3v) is 5.85. The van der Waals surface area contributed by atoms with Crippen molar-refractivity contribution in [1.29, 1.82) is 0 Å². The number of para-hydroxylation sites is 2. The smallest absolute Gasteiger partial charge is 0.230 e. The normalized spacial score (nSPS) is 11.0. The van der Waals surface area contributed by atoms with E-state index in [1.807, 2.05) is 78.2 Å². The summed E-state index contributed by atoms with van der Waals surface area (Å²) in [5.74, 6) is 0.424. The highest BCUT2D eigenvalue weighted by Gasteiger charge is 2.11. The monoisotopic (exact) mass is 445 g/mol. The number of hydrogen-bond acceptors (Lipinski definition) is 5. The average Bonchev–Trinajstić information content (AvgIpc) is 3.41. The number of rotatable bonds is 5. The lowest BCUT2D eigenvalue weighted by Crippen LogP contribution is -2.14. The summed E-state index contributed by atoms with van der Waals surface area (Å²) in [6.07, 6.45) is 0.198. The third-order valence-electron chi connectivity index (χ3n) is 4.67. The van der Waals surface area contributed by atoms with Crippen molar-refractivity contribution in [2.45, 2.75) is 6.42 Å². The summed E-state index contributed by atoms with van der Waals surface area (Å²) in [7, 11) is 0. The molecule has 0 aliphatic carbocycles. The fourth-order valence-electron chi connectivity index (χ4n) is 3.20. The van der Waals surface area contributed by atoms with Crippen LogP contribution < -0.4 is 5.32 Å². The summed E-state index contributed by atoms with van der Waals surface area (Å²) in [5, 5.41) is 6.30. The molecule has 2 heterocycles. The van der Waals surface area contributed by atoms with Crippen LogP contribution in [0.3, 0.4) is 0 Å². The van der Waals surface area contributed by atoms with Crippen molar-refractivity contribution in [2.75, 3.05) is 5.32 Å². The number of anilines is 1. The van der Waals surface area contributed by atoms with Crippen LogP contribution in [0.1, 0.15) is 5.69 Å². The highest BCUT2D eigenvalue weighted by molar-refractivity contribution is 7.13. The number of nitrogens with zero attached hydrogens (tertiary/aromatic N) is 2. The number of oxazole rings is 1. The molecule has 0 radical (unpaired) electrons. The Kier molecular flexibility index (Phi) is 5.24. The Bertz CT molecular complexity index is 1340. The molecule has 2 aromatic heterocycles. The van der Waals surface area contributed by atoms with E-state index >= 15 is 0 Å². The molecule has 0 saturated carbocycles. The van der Waals surface area contributed by atoms with Gasteiger partial charge in [0.2, 0.25) is 11.8 Å². The van der Waals surface area contributed by atoms with E-state index < -0.39 is 0 Å². The van der Waals surface area contributed by atoms with Crippen molar-refractivity contribution < 1.29 is 9.21 Å². The molecular weight excluding hydrogens is 430 g/mol. The number of carbonyl (C=O) groups excluding carboxylic acids is 1. The number of halogens is 1. The van der Waals surface area contributed by atoms with Gasteiger partial charge in [0, 0.05) is 27.2 Å². The van der Waals surface area contributed by atoms with E-state index in [-0.39, 0.29) is 12.3 Å². The Morgan fingerprint density at radius 1 is 0.968 bits per heavy atom. The molecule has 5 aromatic rings. The predicted octanol–water partition coefficient (Wildman–Crippen LogP) is 6.45. The van der Waals surface area contributed by atoms with Gasteiger partial charge in [0.05, 0.1) is 12.1 Å². The van der Waals surface area contributed by atoms with Gasteiger partial charge in [0.25, 0.3) is 0 Å².